The Labute approximate surface area is 124 Å². The number of rotatable bonds is 3. The summed E-state index contributed by atoms with van der Waals surface area (Å²) in [6, 6.07) is 4.43. The van der Waals surface area contributed by atoms with E-state index in [2.05, 4.69) is 4.98 Å². The lowest BCUT2D eigenvalue weighted by Gasteiger charge is -2.08. The fourth-order valence-electron chi connectivity index (χ4n) is 1.83. The van der Waals surface area contributed by atoms with Crippen molar-refractivity contribution < 1.29 is 23.5 Å². The molecule has 1 heterocycles. The molecule has 0 bridgehead atoms. The number of fused-ring (bicyclic) bond motifs is 1. The second kappa shape index (κ2) is 6.17. The number of nitrogens with one attached hydrogen (secondary N) is 1. The van der Waals surface area contributed by atoms with Crippen molar-refractivity contribution in [1.82, 2.24) is 10.3 Å². The van der Waals surface area contributed by atoms with Gasteiger partial charge in [-0.05, 0) is 25.1 Å². The zero-order valence-electron chi connectivity index (χ0n) is 11.6. The minimum atomic E-state index is -1.04. The van der Waals surface area contributed by atoms with Crippen LogP contribution in [0, 0.1) is 12.7 Å². The third kappa shape index (κ3) is 3.54. The third-order valence-electron chi connectivity index (χ3n) is 2.79. The van der Waals surface area contributed by atoms with Gasteiger partial charge in [-0.25, -0.2) is 14.0 Å². The number of ether oxygens (including phenoxy) is 1. The zero-order valence-corrected chi connectivity index (χ0v) is 11.6. The number of urea groups is 1. The van der Waals surface area contributed by atoms with E-state index in [4.69, 9.17) is 10.5 Å². The SMILES string of the molecule is Cc1nc2cc(F)ccc2cc1C(=O)OCC(=O)NC(N)=O. The molecular weight excluding hydrogens is 293 g/mol. The number of hydrogen-bond donors (Lipinski definition) is 2. The molecule has 0 unspecified atom stereocenters. The highest BCUT2D eigenvalue weighted by atomic mass is 19.1. The predicted octanol–water partition coefficient (Wildman–Crippen LogP) is 1.03. The van der Waals surface area contributed by atoms with E-state index in [1.54, 1.807) is 12.2 Å². The minimum Gasteiger partial charge on any atom is -0.452 e. The molecule has 0 atom stereocenters. The molecule has 0 spiro atoms. The Morgan fingerprint density at radius 3 is 2.73 bits per heavy atom. The Morgan fingerprint density at radius 1 is 1.32 bits per heavy atom. The van der Waals surface area contributed by atoms with Gasteiger partial charge in [0, 0.05) is 11.5 Å². The first-order valence-corrected chi connectivity index (χ1v) is 6.20. The summed E-state index contributed by atoms with van der Waals surface area (Å²) in [5, 5.41) is 2.32. The van der Waals surface area contributed by atoms with Crippen LogP contribution in [0.5, 0.6) is 0 Å². The van der Waals surface area contributed by atoms with Crippen molar-refractivity contribution in [2.45, 2.75) is 6.92 Å². The number of benzene rings is 1. The molecule has 8 heteroatoms. The van der Waals surface area contributed by atoms with Crippen LogP contribution in [-0.4, -0.2) is 29.5 Å². The summed E-state index contributed by atoms with van der Waals surface area (Å²) in [5.41, 5.74) is 5.64. The van der Waals surface area contributed by atoms with E-state index in [9.17, 15) is 18.8 Å². The number of carbonyl (C=O) groups excluding carboxylic acids is 3. The van der Waals surface area contributed by atoms with Crippen LogP contribution >= 0.6 is 0 Å². The van der Waals surface area contributed by atoms with Crippen LogP contribution in [0.3, 0.4) is 0 Å². The van der Waals surface area contributed by atoms with Crippen molar-refractivity contribution in [1.29, 1.82) is 0 Å². The fraction of sp³-hybridized carbons (Fsp3) is 0.143. The van der Waals surface area contributed by atoms with Crippen molar-refractivity contribution in [2.24, 2.45) is 5.73 Å². The number of esters is 1. The van der Waals surface area contributed by atoms with Gasteiger partial charge in [-0.2, -0.15) is 0 Å². The number of halogens is 1. The number of hydrogen-bond acceptors (Lipinski definition) is 5. The van der Waals surface area contributed by atoms with Crippen LogP contribution < -0.4 is 11.1 Å². The Balaban J connectivity index is 2.17. The fourth-order valence-corrected chi connectivity index (χ4v) is 1.83. The molecule has 2 rings (SSSR count). The van der Waals surface area contributed by atoms with E-state index < -0.39 is 30.3 Å². The van der Waals surface area contributed by atoms with Gasteiger partial charge in [0.15, 0.2) is 6.61 Å². The van der Waals surface area contributed by atoms with Gasteiger partial charge in [0.1, 0.15) is 5.82 Å². The van der Waals surface area contributed by atoms with Gasteiger partial charge in [-0.1, -0.05) is 0 Å². The molecule has 3 N–H and O–H groups in total. The summed E-state index contributed by atoms with van der Waals surface area (Å²) in [7, 11) is 0. The lowest BCUT2D eigenvalue weighted by Crippen LogP contribution is -2.37. The number of pyridine rings is 1. The Morgan fingerprint density at radius 2 is 2.05 bits per heavy atom. The molecule has 7 nitrogen and oxygen atoms in total. The van der Waals surface area contributed by atoms with E-state index in [1.165, 1.54) is 24.3 Å². The number of aryl methyl sites for hydroxylation is 1. The Bertz CT molecular complexity index is 776. The van der Waals surface area contributed by atoms with Gasteiger partial charge in [0.05, 0.1) is 16.8 Å². The van der Waals surface area contributed by atoms with Crippen LogP contribution in [0.15, 0.2) is 24.3 Å². The molecule has 0 fully saturated rings. The molecule has 1 aromatic carbocycles. The van der Waals surface area contributed by atoms with Gasteiger partial charge in [-0.15, -0.1) is 0 Å². The normalized spacial score (nSPS) is 10.3. The Kier molecular flexibility index (Phi) is 4.31. The molecule has 0 saturated heterocycles. The van der Waals surface area contributed by atoms with Crippen LogP contribution in [0.1, 0.15) is 16.1 Å². The van der Waals surface area contributed by atoms with E-state index in [1.807, 2.05) is 0 Å². The average molecular weight is 305 g/mol. The number of aromatic nitrogens is 1. The first-order valence-electron chi connectivity index (χ1n) is 6.20. The van der Waals surface area contributed by atoms with Gasteiger partial charge in [0.2, 0.25) is 0 Å². The monoisotopic (exact) mass is 305 g/mol. The number of imide groups is 1. The molecule has 2 aromatic rings. The topological polar surface area (TPSA) is 111 Å². The summed E-state index contributed by atoms with van der Waals surface area (Å²) in [6.07, 6.45) is 0. The molecule has 0 aliphatic rings. The second-order valence-corrected chi connectivity index (χ2v) is 4.45. The number of amides is 3. The van der Waals surface area contributed by atoms with Crippen LogP contribution in [0.2, 0.25) is 0 Å². The summed E-state index contributed by atoms with van der Waals surface area (Å²) in [5.74, 6) is -2.05. The van der Waals surface area contributed by atoms with Gasteiger partial charge < -0.3 is 10.5 Å². The average Bonchev–Trinajstić information content (AvgIpc) is 2.43. The van der Waals surface area contributed by atoms with E-state index in [0.29, 0.717) is 16.6 Å². The van der Waals surface area contributed by atoms with Crippen molar-refractivity contribution in [3.8, 4) is 0 Å². The predicted molar refractivity (Wildman–Crippen MR) is 74.4 cm³/mol. The maximum atomic E-state index is 13.1. The summed E-state index contributed by atoms with van der Waals surface area (Å²) < 4.78 is 17.9. The molecule has 1 aromatic heterocycles. The summed E-state index contributed by atoms with van der Waals surface area (Å²) in [4.78, 5) is 37.7. The lowest BCUT2D eigenvalue weighted by atomic mass is 10.1. The third-order valence-corrected chi connectivity index (χ3v) is 2.79. The second-order valence-electron chi connectivity index (χ2n) is 4.45. The molecule has 0 aliphatic carbocycles. The van der Waals surface area contributed by atoms with E-state index in [0.717, 1.165) is 0 Å². The quantitative estimate of drug-likeness (QED) is 0.823. The molecule has 22 heavy (non-hydrogen) atoms. The van der Waals surface area contributed by atoms with Crippen molar-refractivity contribution >= 4 is 28.8 Å². The molecule has 0 aliphatic heterocycles. The lowest BCUT2D eigenvalue weighted by molar-refractivity contribution is -0.123. The van der Waals surface area contributed by atoms with E-state index in [-0.39, 0.29) is 5.56 Å². The van der Waals surface area contributed by atoms with Crippen LogP contribution in [-0.2, 0) is 9.53 Å². The van der Waals surface area contributed by atoms with E-state index >= 15 is 0 Å². The first kappa shape index (κ1) is 15.4. The smallest absolute Gasteiger partial charge is 0.340 e. The zero-order chi connectivity index (χ0) is 16.3. The summed E-state index contributed by atoms with van der Waals surface area (Å²) >= 11 is 0. The maximum absolute atomic E-state index is 13.1. The van der Waals surface area contributed by atoms with Crippen LogP contribution in [0.25, 0.3) is 10.9 Å². The highest BCUT2D eigenvalue weighted by molar-refractivity contribution is 5.98. The first-order chi connectivity index (χ1) is 10.4. The minimum absolute atomic E-state index is 0.144. The summed E-state index contributed by atoms with van der Waals surface area (Å²) in [6.45, 7) is 0.910. The van der Waals surface area contributed by atoms with Gasteiger partial charge in [-0.3, -0.25) is 15.1 Å². The molecular formula is C14H12FN3O4. The largest absolute Gasteiger partial charge is 0.452 e. The highest BCUT2D eigenvalue weighted by Gasteiger charge is 2.15. The number of carbonyl (C=O) groups is 3. The highest BCUT2D eigenvalue weighted by Crippen LogP contribution is 2.18. The molecule has 0 radical (unpaired) electrons. The van der Waals surface area contributed by atoms with Crippen molar-refractivity contribution in [3.05, 3.63) is 41.3 Å². The van der Waals surface area contributed by atoms with Gasteiger partial charge in [0.25, 0.3) is 5.91 Å². The van der Waals surface area contributed by atoms with Gasteiger partial charge >= 0.3 is 12.0 Å². The number of nitrogens with zero attached hydrogens (tertiary/aromatic N) is 1. The van der Waals surface area contributed by atoms with Crippen molar-refractivity contribution in [2.75, 3.05) is 6.61 Å². The standard InChI is InChI=1S/C14H12FN3O4/c1-7-10(13(20)22-6-12(19)18-14(16)21)4-8-2-3-9(15)5-11(8)17-7/h2-5H,6H2,1H3,(H3,16,18,19,21). The number of primary amides is 1. The maximum Gasteiger partial charge on any atom is 0.340 e. The van der Waals surface area contributed by atoms with Crippen molar-refractivity contribution in [3.63, 3.8) is 0 Å². The Hall–Kier alpha value is -3.03. The number of nitrogens with two attached hydrogens (primary N) is 1. The molecule has 3 amide bonds. The molecule has 114 valence electrons. The molecule has 0 saturated carbocycles. The van der Waals surface area contributed by atoms with Crippen LogP contribution in [0.4, 0.5) is 9.18 Å².